The maximum atomic E-state index is 13.5. The van der Waals surface area contributed by atoms with Crippen LogP contribution >= 0.6 is 15.9 Å². The highest BCUT2D eigenvalue weighted by molar-refractivity contribution is 9.09. The number of nitrogens with zero attached hydrogens (tertiary/aromatic N) is 2. The molecule has 30 heavy (non-hydrogen) atoms. The van der Waals surface area contributed by atoms with Gasteiger partial charge in [-0.15, -0.1) is 0 Å². The molecule has 3 heterocycles. The normalized spacial score (nSPS) is 13.5. The molecule has 154 valence electrons. The van der Waals surface area contributed by atoms with Gasteiger partial charge >= 0.3 is 0 Å². The molecule has 0 unspecified atom stereocenters. The third kappa shape index (κ3) is 2.54. The van der Waals surface area contributed by atoms with Crippen LogP contribution in [0.2, 0.25) is 0 Å². The molecule has 2 aliphatic rings. The van der Waals surface area contributed by atoms with Crippen LogP contribution in [0.4, 0.5) is 0 Å². The second-order valence-corrected chi connectivity index (χ2v) is 7.69. The number of benzene rings is 1. The number of fused-ring (bicyclic) bond motifs is 6. The van der Waals surface area contributed by atoms with E-state index in [-0.39, 0.29) is 18.1 Å². The number of halogens is 1. The number of methoxy groups -OCH3 is 2. The van der Waals surface area contributed by atoms with Gasteiger partial charge in [-0.3, -0.25) is 9.59 Å². The molecule has 8 nitrogen and oxygen atoms in total. The smallest absolute Gasteiger partial charge is 0.260 e. The lowest BCUT2D eigenvalue weighted by atomic mass is 10.0. The molecule has 0 spiro atoms. The number of carbonyl (C=O) groups excluding carboxylic acids is 1. The van der Waals surface area contributed by atoms with Crippen molar-refractivity contribution < 1.29 is 23.7 Å². The van der Waals surface area contributed by atoms with Crippen molar-refractivity contribution in [1.82, 2.24) is 9.55 Å². The zero-order valence-corrected chi connectivity index (χ0v) is 17.9. The number of rotatable bonds is 5. The third-order valence-electron chi connectivity index (χ3n) is 5.35. The van der Waals surface area contributed by atoms with Crippen LogP contribution < -0.4 is 24.5 Å². The van der Waals surface area contributed by atoms with E-state index in [4.69, 9.17) is 18.9 Å². The van der Waals surface area contributed by atoms with Crippen molar-refractivity contribution in [2.45, 2.75) is 13.0 Å². The first kappa shape index (κ1) is 18.9. The summed E-state index contributed by atoms with van der Waals surface area (Å²) in [5, 5.41) is 1.61. The second kappa shape index (κ2) is 7.02. The maximum Gasteiger partial charge on any atom is 0.260 e. The topological polar surface area (TPSA) is 88.9 Å². The number of pyridine rings is 2. The highest BCUT2D eigenvalue weighted by atomic mass is 79.9. The number of ketones is 1. The molecule has 0 saturated heterocycles. The molecule has 1 aliphatic carbocycles. The van der Waals surface area contributed by atoms with E-state index in [2.05, 4.69) is 20.9 Å². The summed E-state index contributed by atoms with van der Waals surface area (Å²) in [6, 6.07) is 4.93. The summed E-state index contributed by atoms with van der Waals surface area (Å²) in [6.45, 7) is 0.483. The summed E-state index contributed by atoms with van der Waals surface area (Å²) in [7, 11) is 3.02. The van der Waals surface area contributed by atoms with E-state index in [0.29, 0.717) is 74.7 Å². The van der Waals surface area contributed by atoms with Crippen LogP contribution in [-0.4, -0.2) is 41.7 Å². The Morgan fingerprint density at radius 2 is 1.83 bits per heavy atom. The van der Waals surface area contributed by atoms with Gasteiger partial charge in [0.05, 0.1) is 36.4 Å². The molecule has 0 bridgehead atoms. The van der Waals surface area contributed by atoms with Gasteiger partial charge in [0, 0.05) is 17.3 Å². The van der Waals surface area contributed by atoms with Crippen LogP contribution in [0.3, 0.4) is 0 Å². The molecule has 1 aromatic carbocycles. The Kier molecular flexibility index (Phi) is 4.43. The van der Waals surface area contributed by atoms with Crippen molar-refractivity contribution in [2.24, 2.45) is 0 Å². The molecular weight excluding hydrogens is 456 g/mol. The van der Waals surface area contributed by atoms with Crippen LogP contribution in [0.25, 0.3) is 22.2 Å². The van der Waals surface area contributed by atoms with Crippen molar-refractivity contribution in [1.29, 1.82) is 0 Å². The zero-order chi connectivity index (χ0) is 21.0. The van der Waals surface area contributed by atoms with E-state index in [0.717, 1.165) is 0 Å². The number of ether oxygens (including phenoxy) is 4. The fourth-order valence-corrected chi connectivity index (χ4v) is 4.25. The number of aromatic nitrogens is 2. The van der Waals surface area contributed by atoms with Crippen molar-refractivity contribution in [3.05, 3.63) is 39.7 Å². The van der Waals surface area contributed by atoms with Gasteiger partial charge in [0.25, 0.3) is 11.4 Å². The fraction of sp³-hybridized carbons (Fsp3) is 0.286. The molecular formula is C21H17BrN2O6. The molecule has 0 atom stereocenters. The van der Waals surface area contributed by atoms with Crippen LogP contribution in [0.15, 0.2) is 23.0 Å². The minimum Gasteiger partial charge on any atom is -0.493 e. The van der Waals surface area contributed by atoms with Crippen molar-refractivity contribution in [3.63, 3.8) is 0 Å². The first-order valence-corrected chi connectivity index (χ1v) is 10.5. The lowest BCUT2D eigenvalue weighted by Crippen LogP contribution is -2.24. The molecule has 9 heteroatoms. The summed E-state index contributed by atoms with van der Waals surface area (Å²) >= 11 is 3.42. The summed E-state index contributed by atoms with van der Waals surface area (Å²) in [4.78, 5) is 31.5. The monoisotopic (exact) mass is 472 g/mol. The molecule has 0 radical (unpaired) electrons. The van der Waals surface area contributed by atoms with E-state index < -0.39 is 0 Å². The fourth-order valence-electron chi connectivity index (χ4n) is 4.00. The molecule has 5 rings (SSSR count). The predicted octanol–water partition coefficient (Wildman–Crippen LogP) is 3.14. The van der Waals surface area contributed by atoms with Gasteiger partial charge in [0.1, 0.15) is 5.69 Å². The number of carbonyl (C=O) groups is 1. The Hall–Kier alpha value is -3.07. The first-order valence-electron chi connectivity index (χ1n) is 9.33. The number of hydrogen-bond acceptors (Lipinski definition) is 7. The van der Waals surface area contributed by atoms with Gasteiger partial charge in [0.15, 0.2) is 23.0 Å². The zero-order valence-electron chi connectivity index (χ0n) is 16.3. The SMILES string of the molecule is COc1cc2c3c(n(CCCBr)c(=O)c2cc1OC)-c1nc2c(cc1C3=O)OCO2. The van der Waals surface area contributed by atoms with E-state index in [1.54, 1.807) is 22.8 Å². The number of hydrogen-bond donors (Lipinski definition) is 0. The van der Waals surface area contributed by atoms with Crippen LogP contribution in [0, 0.1) is 0 Å². The van der Waals surface area contributed by atoms with Gasteiger partial charge < -0.3 is 23.5 Å². The molecule has 1 aliphatic heterocycles. The third-order valence-corrected chi connectivity index (χ3v) is 5.91. The largest absolute Gasteiger partial charge is 0.493 e. The van der Waals surface area contributed by atoms with E-state index >= 15 is 0 Å². The molecule has 3 aromatic rings. The van der Waals surface area contributed by atoms with Gasteiger partial charge in [-0.1, -0.05) is 15.9 Å². The maximum absolute atomic E-state index is 13.5. The van der Waals surface area contributed by atoms with Gasteiger partial charge in [-0.25, -0.2) is 4.98 Å². The quantitative estimate of drug-likeness (QED) is 0.412. The Bertz CT molecular complexity index is 1280. The lowest BCUT2D eigenvalue weighted by Gasteiger charge is -2.16. The van der Waals surface area contributed by atoms with Crippen molar-refractivity contribution >= 4 is 32.5 Å². The molecule has 0 amide bonds. The Balaban J connectivity index is 1.89. The molecule has 2 aromatic heterocycles. The second-order valence-electron chi connectivity index (χ2n) is 6.90. The van der Waals surface area contributed by atoms with E-state index in [9.17, 15) is 9.59 Å². The summed E-state index contributed by atoms with van der Waals surface area (Å²) in [6.07, 6.45) is 0.708. The van der Waals surface area contributed by atoms with Gasteiger partial charge in [-0.05, 0) is 24.6 Å². The van der Waals surface area contributed by atoms with Gasteiger partial charge in [-0.2, -0.15) is 0 Å². The lowest BCUT2D eigenvalue weighted by molar-refractivity contribution is 0.104. The summed E-state index contributed by atoms with van der Waals surface area (Å²) in [5.41, 5.74) is 1.53. The minimum atomic E-state index is -0.217. The minimum absolute atomic E-state index is 0.0530. The molecule has 0 N–H and O–H groups in total. The summed E-state index contributed by atoms with van der Waals surface area (Å²) in [5.74, 6) is 1.40. The predicted molar refractivity (Wildman–Crippen MR) is 113 cm³/mol. The first-order chi connectivity index (χ1) is 14.6. The highest BCUT2D eigenvalue weighted by Gasteiger charge is 2.37. The van der Waals surface area contributed by atoms with Crippen LogP contribution in [0.1, 0.15) is 22.3 Å². The van der Waals surface area contributed by atoms with Crippen molar-refractivity contribution in [3.8, 4) is 34.5 Å². The average molecular weight is 473 g/mol. The molecule has 0 fully saturated rings. The van der Waals surface area contributed by atoms with Crippen LogP contribution in [-0.2, 0) is 6.54 Å². The van der Waals surface area contributed by atoms with Crippen molar-refractivity contribution in [2.75, 3.05) is 26.3 Å². The highest BCUT2D eigenvalue weighted by Crippen LogP contribution is 2.44. The Labute approximate surface area is 179 Å². The Morgan fingerprint density at radius 3 is 2.53 bits per heavy atom. The molecule has 0 saturated carbocycles. The average Bonchev–Trinajstić information content (AvgIpc) is 3.33. The standard InChI is InChI=1S/C21H17BrN2O6/c1-27-13-6-10-11(7-14(13)28-2)21(26)24(5-3-4-22)18-16(10)19(25)12-8-15-20(23-17(12)18)30-9-29-15/h6-8H,3-5,9H2,1-2H3. The van der Waals surface area contributed by atoms with E-state index in [1.165, 1.54) is 14.2 Å². The Morgan fingerprint density at radius 1 is 1.10 bits per heavy atom. The van der Waals surface area contributed by atoms with Crippen LogP contribution in [0.5, 0.6) is 23.1 Å². The van der Waals surface area contributed by atoms with Gasteiger partial charge in [0.2, 0.25) is 6.79 Å². The number of alkyl halides is 1. The summed E-state index contributed by atoms with van der Waals surface area (Å²) < 4.78 is 23.2. The van der Waals surface area contributed by atoms with E-state index in [1.807, 2.05) is 0 Å².